The van der Waals surface area contributed by atoms with Gasteiger partial charge in [0.15, 0.2) is 17.6 Å². The summed E-state index contributed by atoms with van der Waals surface area (Å²) in [4.78, 5) is 36.3. The minimum Gasteiger partial charge on any atom is -0.493 e. The lowest BCUT2D eigenvalue weighted by Gasteiger charge is -2.15. The monoisotopic (exact) mass is 430 g/mol. The summed E-state index contributed by atoms with van der Waals surface area (Å²) >= 11 is 0. The maximum atomic E-state index is 12.3. The maximum absolute atomic E-state index is 12.3. The third kappa shape index (κ3) is 6.91. The predicted molar refractivity (Wildman–Crippen MR) is 112 cm³/mol. The first-order chi connectivity index (χ1) is 14.9. The molecule has 0 aliphatic heterocycles. The van der Waals surface area contributed by atoms with E-state index >= 15 is 0 Å². The number of hydrogen-bond donors (Lipinski definition) is 2. The standard InChI is InChI=1S/C22H26N2O7/c1-14(21(26)24-22(27)23-13-15-8-6-5-7-9-15)31-19(25)12-16-10-17(28-2)20(30-4)18(11-16)29-3/h5-11,14H,12-13H2,1-4H3,(H2,23,24,26,27). The van der Waals surface area contributed by atoms with E-state index in [2.05, 4.69) is 10.6 Å². The fourth-order valence-corrected chi connectivity index (χ4v) is 2.73. The summed E-state index contributed by atoms with van der Waals surface area (Å²) in [5.41, 5.74) is 1.43. The van der Waals surface area contributed by atoms with E-state index in [1.54, 1.807) is 12.1 Å². The van der Waals surface area contributed by atoms with Crippen LogP contribution in [0.2, 0.25) is 0 Å². The predicted octanol–water partition coefficient (Wildman–Crippen LogP) is 2.21. The van der Waals surface area contributed by atoms with E-state index in [9.17, 15) is 14.4 Å². The number of nitrogens with one attached hydrogen (secondary N) is 2. The number of esters is 1. The topological polar surface area (TPSA) is 112 Å². The van der Waals surface area contributed by atoms with E-state index in [0.717, 1.165) is 5.56 Å². The van der Waals surface area contributed by atoms with E-state index in [4.69, 9.17) is 18.9 Å². The normalized spacial score (nSPS) is 11.1. The number of amides is 3. The van der Waals surface area contributed by atoms with Crippen LogP contribution < -0.4 is 24.8 Å². The van der Waals surface area contributed by atoms with Crippen LogP contribution in [0.4, 0.5) is 4.79 Å². The summed E-state index contributed by atoms with van der Waals surface area (Å²) in [5.74, 6) is -0.196. The maximum Gasteiger partial charge on any atom is 0.321 e. The summed E-state index contributed by atoms with van der Waals surface area (Å²) < 4.78 is 20.9. The van der Waals surface area contributed by atoms with Crippen LogP contribution in [0.5, 0.6) is 17.2 Å². The molecular weight excluding hydrogens is 404 g/mol. The van der Waals surface area contributed by atoms with Crippen molar-refractivity contribution in [2.75, 3.05) is 21.3 Å². The first kappa shape index (κ1) is 23.5. The molecule has 0 heterocycles. The highest BCUT2D eigenvalue weighted by molar-refractivity contribution is 5.97. The molecule has 0 aliphatic rings. The number of ether oxygens (including phenoxy) is 4. The number of methoxy groups -OCH3 is 3. The van der Waals surface area contributed by atoms with Gasteiger partial charge in [-0.3, -0.25) is 14.9 Å². The van der Waals surface area contributed by atoms with Crippen LogP contribution in [-0.2, 0) is 27.3 Å². The summed E-state index contributed by atoms with van der Waals surface area (Å²) in [7, 11) is 4.41. The average molecular weight is 430 g/mol. The molecular formula is C22H26N2O7. The molecule has 0 radical (unpaired) electrons. The molecule has 166 valence electrons. The highest BCUT2D eigenvalue weighted by atomic mass is 16.5. The van der Waals surface area contributed by atoms with Crippen LogP contribution in [-0.4, -0.2) is 45.3 Å². The Kier molecular flexibility index (Phi) is 8.68. The van der Waals surface area contributed by atoms with Gasteiger partial charge in [0.2, 0.25) is 5.75 Å². The minimum atomic E-state index is -1.16. The fraction of sp³-hybridized carbons (Fsp3) is 0.318. The van der Waals surface area contributed by atoms with Crippen LogP contribution in [0.25, 0.3) is 0 Å². The van der Waals surface area contributed by atoms with Gasteiger partial charge >= 0.3 is 12.0 Å². The molecule has 1 atom stereocenters. The van der Waals surface area contributed by atoms with Gasteiger partial charge in [-0.05, 0) is 30.2 Å². The van der Waals surface area contributed by atoms with Crippen LogP contribution in [0.15, 0.2) is 42.5 Å². The molecule has 2 aromatic carbocycles. The van der Waals surface area contributed by atoms with E-state index in [1.165, 1.54) is 28.3 Å². The Morgan fingerprint density at radius 1 is 0.903 bits per heavy atom. The largest absolute Gasteiger partial charge is 0.493 e. The second kappa shape index (κ2) is 11.4. The Morgan fingerprint density at radius 3 is 2.06 bits per heavy atom. The molecule has 1 unspecified atom stereocenters. The van der Waals surface area contributed by atoms with Crippen molar-refractivity contribution < 1.29 is 33.3 Å². The van der Waals surface area contributed by atoms with Gasteiger partial charge in [0.25, 0.3) is 5.91 Å². The number of urea groups is 1. The quantitative estimate of drug-likeness (QED) is 0.587. The molecule has 2 aromatic rings. The fourth-order valence-electron chi connectivity index (χ4n) is 2.73. The van der Waals surface area contributed by atoms with Crippen molar-refractivity contribution in [3.63, 3.8) is 0 Å². The summed E-state index contributed by atoms with van der Waals surface area (Å²) in [5, 5.41) is 4.71. The smallest absolute Gasteiger partial charge is 0.321 e. The van der Waals surface area contributed by atoms with Crippen molar-refractivity contribution in [2.24, 2.45) is 0 Å². The van der Waals surface area contributed by atoms with E-state index < -0.39 is 24.0 Å². The van der Waals surface area contributed by atoms with Crippen molar-refractivity contribution in [2.45, 2.75) is 26.0 Å². The van der Waals surface area contributed by atoms with Gasteiger partial charge in [0, 0.05) is 6.54 Å². The molecule has 0 bridgehead atoms. The molecule has 0 aliphatic carbocycles. The summed E-state index contributed by atoms with van der Waals surface area (Å²) in [6, 6.07) is 11.8. The molecule has 3 amide bonds. The molecule has 31 heavy (non-hydrogen) atoms. The first-order valence-electron chi connectivity index (χ1n) is 9.48. The van der Waals surface area contributed by atoms with Crippen molar-refractivity contribution in [3.8, 4) is 17.2 Å². The van der Waals surface area contributed by atoms with Gasteiger partial charge in [0.1, 0.15) is 0 Å². The van der Waals surface area contributed by atoms with Crippen molar-refractivity contribution in [3.05, 3.63) is 53.6 Å². The van der Waals surface area contributed by atoms with Gasteiger partial charge in [0.05, 0.1) is 27.8 Å². The van der Waals surface area contributed by atoms with Gasteiger partial charge < -0.3 is 24.3 Å². The highest BCUT2D eigenvalue weighted by Gasteiger charge is 2.21. The van der Waals surface area contributed by atoms with Gasteiger partial charge in [-0.25, -0.2) is 4.79 Å². The lowest BCUT2D eigenvalue weighted by atomic mass is 10.1. The highest BCUT2D eigenvalue weighted by Crippen LogP contribution is 2.38. The number of imide groups is 1. The van der Waals surface area contributed by atoms with Crippen LogP contribution >= 0.6 is 0 Å². The molecule has 0 spiro atoms. The Hall–Kier alpha value is -3.75. The van der Waals surface area contributed by atoms with E-state index in [0.29, 0.717) is 22.8 Å². The minimum absolute atomic E-state index is 0.130. The van der Waals surface area contributed by atoms with Crippen LogP contribution in [0.1, 0.15) is 18.1 Å². The molecule has 0 saturated heterocycles. The van der Waals surface area contributed by atoms with E-state index in [1.807, 2.05) is 30.3 Å². The Balaban J connectivity index is 1.88. The Labute approximate surface area is 180 Å². The van der Waals surface area contributed by atoms with Crippen molar-refractivity contribution in [1.29, 1.82) is 0 Å². The zero-order valence-electron chi connectivity index (χ0n) is 17.9. The lowest BCUT2D eigenvalue weighted by molar-refractivity contribution is -0.153. The van der Waals surface area contributed by atoms with Crippen LogP contribution in [0, 0.1) is 0 Å². The number of benzene rings is 2. The number of rotatable bonds is 9. The van der Waals surface area contributed by atoms with Gasteiger partial charge in [-0.15, -0.1) is 0 Å². The zero-order valence-corrected chi connectivity index (χ0v) is 17.9. The molecule has 9 heteroatoms. The number of carbonyl (C=O) groups is 3. The average Bonchev–Trinajstić information content (AvgIpc) is 2.77. The molecule has 0 aromatic heterocycles. The third-order valence-electron chi connectivity index (χ3n) is 4.28. The molecule has 0 saturated carbocycles. The van der Waals surface area contributed by atoms with E-state index in [-0.39, 0.29) is 13.0 Å². The number of hydrogen-bond acceptors (Lipinski definition) is 7. The summed E-state index contributed by atoms with van der Waals surface area (Å²) in [6.45, 7) is 1.64. The second-order valence-electron chi connectivity index (χ2n) is 6.50. The van der Waals surface area contributed by atoms with Gasteiger partial charge in [-0.2, -0.15) is 0 Å². The molecule has 9 nitrogen and oxygen atoms in total. The molecule has 0 fully saturated rings. The third-order valence-corrected chi connectivity index (χ3v) is 4.28. The first-order valence-corrected chi connectivity index (χ1v) is 9.48. The second-order valence-corrected chi connectivity index (χ2v) is 6.50. The van der Waals surface area contributed by atoms with Gasteiger partial charge in [-0.1, -0.05) is 30.3 Å². The lowest BCUT2D eigenvalue weighted by Crippen LogP contribution is -2.44. The summed E-state index contributed by atoms with van der Waals surface area (Å²) in [6.07, 6.45) is -1.29. The zero-order chi connectivity index (χ0) is 22.8. The molecule has 2 rings (SSSR count). The Bertz CT molecular complexity index is 890. The van der Waals surface area contributed by atoms with Crippen molar-refractivity contribution in [1.82, 2.24) is 10.6 Å². The van der Waals surface area contributed by atoms with Crippen molar-refractivity contribution >= 4 is 17.9 Å². The Morgan fingerprint density at radius 2 is 1.52 bits per heavy atom. The van der Waals surface area contributed by atoms with Crippen LogP contribution in [0.3, 0.4) is 0 Å². The number of carbonyl (C=O) groups excluding carboxylic acids is 3. The SMILES string of the molecule is COc1cc(CC(=O)OC(C)C(=O)NC(=O)NCc2ccccc2)cc(OC)c1OC. The molecule has 2 N–H and O–H groups in total.